The van der Waals surface area contributed by atoms with Gasteiger partial charge in [0, 0.05) is 29.9 Å². The van der Waals surface area contributed by atoms with Gasteiger partial charge in [0.15, 0.2) is 0 Å². The van der Waals surface area contributed by atoms with Gasteiger partial charge in [0.1, 0.15) is 18.7 Å². The van der Waals surface area contributed by atoms with E-state index in [9.17, 15) is 19.2 Å². The third-order valence-corrected chi connectivity index (χ3v) is 8.28. The first-order valence-corrected chi connectivity index (χ1v) is 16.9. The molecule has 0 saturated carbocycles. The molecule has 0 spiro atoms. The third kappa shape index (κ3) is 10.7. The lowest BCUT2D eigenvalue weighted by molar-refractivity contribution is -0.130. The molecule has 0 aliphatic heterocycles. The zero-order valence-corrected chi connectivity index (χ0v) is 29.0. The highest BCUT2D eigenvalue weighted by Gasteiger charge is 2.29. The number of rotatable bonds is 15. The van der Waals surface area contributed by atoms with Crippen molar-refractivity contribution in [3.8, 4) is 0 Å². The summed E-state index contributed by atoms with van der Waals surface area (Å²) < 4.78 is 5.38. The zero-order chi connectivity index (χ0) is 36.7. The maximum atomic E-state index is 13.9. The normalized spacial score (nSPS) is 12.7. The van der Waals surface area contributed by atoms with E-state index < -0.39 is 35.9 Å². The number of amides is 4. The standard InChI is InChI=1S/C40H41N7O5/c1-27(30-16-8-4-9-17-30)44-46-37(48)23-22-35(43-40(51)52-26-29-14-6-3-7-15-29)38(49)42-36(24-32-25-41-34-21-13-12-20-33(32)34)39(50)47-45-28(2)31-18-10-5-11-19-31/h3-21,25,35-36,41H,22-24,26H2,1-2H3,(H,42,49)(H,43,51)(H,46,48)(H,47,50)/b44-27+,45-28+. The molecule has 0 bridgehead atoms. The number of alkyl carbamates (subject to hydrolysis) is 1. The lowest BCUT2D eigenvalue weighted by Gasteiger charge is -2.22. The van der Waals surface area contributed by atoms with Crippen molar-refractivity contribution in [1.29, 1.82) is 0 Å². The number of para-hydroxylation sites is 1. The molecule has 266 valence electrons. The first kappa shape index (κ1) is 36.7. The Morgan fingerprint density at radius 1 is 0.673 bits per heavy atom. The van der Waals surface area contributed by atoms with Crippen LogP contribution in [0.5, 0.6) is 0 Å². The van der Waals surface area contributed by atoms with E-state index in [1.165, 1.54) is 0 Å². The second-order valence-corrected chi connectivity index (χ2v) is 12.1. The first-order chi connectivity index (χ1) is 25.3. The molecule has 4 aromatic carbocycles. The van der Waals surface area contributed by atoms with E-state index in [4.69, 9.17) is 4.74 Å². The molecular weight excluding hydrogens is 658 g/mol. The van der Waals surface area contributed by atoms with Crippen molar-refractivity contribution in [2.24, 2.45) is 10.2 Å². The number of benzene rings is 4. The Labute approximate surface area is 301 Å². The quantitative estimate of drug-likeness (QED) is 0.0733. The minimum atomic E-state index is -1.24. The lowest BCUT2D eigenvalue weighted by atomic mass is 10.0. The van der Waals surface area contributed by atoms with E-state index in [1.807, 2.05) is 103 Å². The molecule has 0 radical (unpaired) electrons. The second kappa shape index (κ2) is 18.4. The van der Waals surface area contributed by atoms with Crippen molar-refractivity contribution in [3.63, 3.8) is 0 Å². The molecule has 5 aromatic rings. The highest BCUT2D eigenvalue weighted by Crippen LogP contribution is 2.19. The number of fused-ring (bicyclic) bond motifs is 1. The van der Waals surface area contributed by atoms with Crippen LogP contribution in [0.1, 0.15) is 48.9 Å². The van der Waals surface area contributed by atoms with Crippen molar-refractivity contribution in [1.82, 2.24) is 26.5 Å². The van der Waals surface area contributed by atoms with Crippen molar-refractivity contribution < 1.29 is 23.9 Å². The van der Waals surface area contributed by atoms with Crippen LogP contribution in [0.25, 0.3) is 10.9 Å². The highest BCUT2D eigenvalue weighted by atomic mass is 16.5. The van der Waals surface area contributed by atoms with Crippen LogP contribution in [0.4, 0.5) is 4.79 Å². The van der Waals surface area contributed by atoms with Gasteiger partial charge in [-0.25, -0.2) is 15.6 Å². The average molecular weight is 700 g/mol. The number of carbonyl (C=O) groups excluding carboxylic acids is 4. The Hall–Kier alpha value is -6.56. The van der Waals surface area contributed by atoms with Crippen molar-refractivity contribution in [3.05, 3.63) is 144 Å². The van der Waals surface area contributed by atoms with Gasteiger partial charge in [0.05, 0.1) is 11.4 Å². The summed E-state index contributed by atoms with van der Waals surface area (Å²) in [6.45, 7) is 3.50. The predicted molar refractivity (Wildman–Crippen MR) is 200 cm³/mol. The first-order valence-electron chi connectivity index (χ1n) is 16.9. The van der Waals surface area contributed by atoms with Crippen LogP contribution >= 0.6 is 0 Å². The van der Waals surface area contributed by atoms with Crippen molar-refractivity contribution in [2.45, 2.75) is 51.8 Å². The number of carbonyl (C=O) groups is 4. The number of H-pyrrole nitrogens is 1. The van der Waals surface area contributed by atoms with Gasteiger partial charge in [-0.3, -0.25) is 14.4 Å². The summed E-state index contributed by atoms with van der Waals surface area (Å²) in [4.78, 5) is 56.6. The van der Waals surface area contributed by atoms with Crippen LogP contribution in [0, 0.1) is 0 Å². The summed E-state index contributed by atoms with van der Waals surface area (Å²) in [5.41, 5.74) is 10.3. The smallest absolute Gasteiger partial charge is 0.408 e. The van der Waals surface area contributed by atoms with Crippen LogP contribution in [0.15, 0.2) is 132 Å². The van der Waals surface area contributed by atoms with E-state index in [0.717, 1.165) is 33.2 Å². The molecule has 12 heteroatoms. The largest absolute Gasteiger partial charge is 0.445 e. The van der Waals surface area contributed by atoms with Gasteiger partial charge in [-0.2, -0.15) is 10.2 Å². The SMILES string of the molecule is C/C(=N\NC(=O)CCC(NC(=O)OCc1ccccc1)C(=O)NC(Cc1c[nH]c2ccccc12)C(=O)N/N=C(\C)c1ccccc1)c1ccccc1. The summed E-state index contributed by atoms with van der Waals surface area (Å²) in [6.07, 6.45) is 0.769. The summed E-state index contributed by atoms with van der Waals surface area (Å²) in [5, 5.41) is 14.7. The fourth-order valence-electron chi connectivity index (χ4n) is 5.36. The number of hydrogen-bond donors (Lipinski definition) is 5. The third-order valence-electron chi connectivity index (χ3n) is 8.28. The number of ether oxygens (including phenoxy) is 1. The fraction of sp³-hybridized carbons (Fsp3) is 0.200. The molecule has 2 atom stereocenters. The van der Waals surface area contributed by atoms with Gasteiger partial charge in [-0.15, -0.1) is 0 Å². The summed E-state index contributed by atoms with van der Waals surface area (Å²) >= 11 is 0. The van der Waals surface area contributed by atoms with E-state index in [-0.39, 0.29) is 25.9 Å². The summed E-state index contributed by atoms with van der Waals surface area (Å²) in [6, 6.07) is 33.1. The average Bonchev–Trinajstić information content (AvgIpc) is 3.59. The van der Waals surface area contributed by atoms with Crippen LogP contribution < -0.4 is 21.5 Å². The van der Waals surface area contributed by atoms with Crippen LogP contribution in [0.2, 0.25) is 0 Å². The molecule has 1 heterocycles. The van der Waals surface area contributed by atoms with Crippen molar-refractivity contribution >= 4 is 46.1 Å². The Balaban J connectivity index is 1.32. The van der Waals surface area contributed by atoms with Gasteiger partial charge in [0.2, 0.25) is 11.8 Å². The van der Waals surface area contributed by atoms with Crippen LogP contribution in [-0.2, 0) is 32.1 Å². The molecule has 0 saturated heterocycles. The molecule has 2 unspecified atom stereocenters. The Morgan fingerprint density at radius 3 is 1.90 bits per heavy atom. The minimum absolute atomic E-state index is 0.0284. The number of hydrazone groups is 2. The molecule has 0 aliphatic rings. The number of nitrogens with one attached hydrogen (secondary N) is 5. The summed E-state index contributed by atoms with van der Waals surface area (Å²) in [5.74, 6) is -1.72. The summed E-state index contributed by atoms with van der Waals surface area (Å²) in [7, 11) is 0. The molecule has 52 heavy (non-hydrogen) atoms. The maximum absolute atomic E-state index is 13.9. The molecule has 0 fully saturated rings. The minimum Gasteiger partial charge on any atom is -0.445 e. The Bertz CT molecular complexity index is 2030. The monoisotopic (exact) mass is 699 g/mol. The molecule has 5 rings (SSSR count). The van der Waals surface area contributed by atoms with E-state index in [1.54, 1.807) is 32.2 Å². The van der Waals surface area contributed by atoms with Gasteiger partial charge in [0.25, 0.3) is 5.91 Å². The van der Waals surface area contributed by atoms with Gasteiger partial charge in [-0.05, 0) is 48.6 Å². The highest BCUT2D eigenvalue weighted by molar-refractivity contribution is 6.00. The number of nitrogens with zero attached hydrogens (tertiary/aromatic N) is 2. The van der Waals surface area contributed by atoms with Crippen molar-refractivity contribution in [2.75, 3.05) is 0 Å². The molecule has 1 aromatic heterocycles. The molecule has 0 aliphatic carbocycles. The van der Waals surface area contributed by atoms with E-state index in [0.29, 0.717) is 11.4 Å². The maximum Gasteiger partial charge on any atom is 0.408 e. The zero-order valence-electron chi connectivity index (χ0n) is 29.0. The number of hydrogen-bond acceptors (Lipinski definition) is 7. The molecule has 5 N–H and O–H groups in total. The van der Waals surface area contributed by atoms with Gasteiger partial charge < -0.3 is 20.4 Å². The Morgan fingerprint density at radius 2 is 1.25 bits per heavy atom. The van der Waals surface area contributed by atoms with E-state index in [2.05, 4.69) is 36.7 Å². The predicted octanol–water partition coefficient (Wildman–Crippen LogP) is 5.35. The van der Waals surface area contributed by atoms with E-state index >= 15 is 0 Å². The molecular formula is C40H41N7O5. The number of aromatic amines is 1. The van der Waals surface area contributed by atoms with Gasteiger partial charge in [-0.1, -0.05) is 109 Å². The number of aromatic nitrogens is 1. The fourth-order valence-corrected chi connectivity index (χ4v) is 5.36. The van der Waals surface area contributed by atoms with Crippen LogP contribution in [-0.4, -0.2) is 52.3 Å². The topological polar surface area (TPSA) is 166 Å². The Kier molecular flexibility index (Phi) is 13.0. The van der Waals surface area contributed by atoms with Crippen LogP contribution in [0.3, 0.4) is 0 Å². The molecule has 4 amide bonds. The molecule has 12 nitrogen and oxygen atoms in total. The van der Waals surface area contributed by atoms with Gasteiger partial charge >= 0.3 is 6.09 Å². The second-order valence-electron chi connectivity index (χ2n) is 12.1. The lowest BCUT2D eigenvalue weighted by Crippen LogP contribution is -2.54.